The van der Waals surface area contributed by atoms with Gasteiger partial charge in [-0.25, -0.2) is 4.39 Å². The van der Waals surface area contributed by atoms with E-state index >= 15 is 0 Å². The number of hydrogen-bond donors (Lipinski definition) is 1. The van der Waals surface area contributed by atoms with E-state index in [1.165, 1.54) is 62.1 Å². The van der Waals surface area contributed by atoms with Crippen LogP contribution in [0.5, 0.6) is 0 Å². The van der Waals surface area contributed by atoms with Crippen molar-refractivity contribution >= 4 is 27.3 Å². The number of rotatable bonds is 4. The molecule has 1 saturated carbocycles. The second-order valence-electron chi connectivity index (χ2n) is 10.4. The Labute approximate surface area is 238 Å². The quantitative estimate of drug-likeness (QED) is 0.101. The fourth-order valence-electron chi connectivity index (χ4n) is 5.71. The topological polar surface area (TPSA) is 50.2 Å². The number of hydrogen-bond acceptors (Lipinski definition) is 3. The van der Waals surface area contributed by atoms with Crippen molar-refractivity contribution in [1.82, 2.24) is 4.98 Å². The van der Waals surface area contributed by atoms with Crippen molar-refractivity contribution in [3.05, 3.63) is 89.1 Å². The number of nitrogens with zero attached hydrogens (tertiary/aromatic N) is 1. The van der Waals surface area contributed by atoms with E-state index in [0.29, 0.717) is 11.8 Å². The molecule has 0 aliphatic heterocycles. The summed E-state index contributed by atoms with van der Waals surface area (Å²) in [5.74, 6) is 0.867. The van der Waals surface area contributed by atoms with E-state index < -0.39 is 0 Å². The van der Waals surface area contributed by atoms with Gasteiger partial charge in [0.15, 0.2) is 5.78 Å². The maximum atomic E-state index is 14.4. The Morgan fingerprint density at radius 3 is 2.39 bits per heavy atom. The average Bonchev–Trinajstić information content (AvgIpc) is 3.36. The summed E-state index contributed by atoms with van der Waals surface area (Å²) in [5.41, 5.74) is 5.49. The van der Waals surface area contributed by atoms with Gasteiger partial charge in [-0.3, -0.25) is 4.79 Å². The number of carbonyl (C=O) groups excluding carboxylic acids is 1. The minimum absolute atomic E-state index is 0. The van der Waals surface area contributed by atoms with Crippen molar-refractivity contribution < 1.29 is 34.4 Å². The molecule has 1 aliphatic carbocycles. The minimum atomic E-state index is -0.176. The van der Waals surface area contributed by atoms with Crippen LogP contribution in [0.4, 0.5) is 4.39 Å². The molecule has 0 saturated heterocycles. The van der Waals surface area contributed by atoms with Crippen molar-refractivity contribution in [2.75, 3.05) is 0 Å². The van der Waals surface area contributed by atoms with Gasteiger partial charge in [-0.05, 0) is 89.5 Å². The van der Waals surface area contributed by atoms with Gasteiger partial charge in [0.1, 0.15) is 5.82 Å². The van der Waals surface area contributed by atoms with Crippen LogP contribution in [0, 0.1) is 31.6 Å². The molecule has 1 aliphatic rings. The fourth-order valence-corrected chi connectivity index (χ4v) is 5.71. The zero-order valence-electron chi connectivity index (χ0n) is 22.7. The summed E-state index contributed by atoms with van der Waals surface area (Å²) in [6, 6.07) is 17.4. The van der Waals surface area contributed by atoms with Crippen LogP contribution < -0.4 is 0 Å². The van der Waals surface area contributed by atoms with Gasteiger partial charge >= 0.3 is 0 Å². The number of aryl methyl sites for hydroxylation is 2. The van der Waals surface area contributed by atoms with Gasteiger partial charge in [0, 0.05) is 32.4 Å². The molecule has 5 rings (SSSR count). The Morgan fingerprint density at radius 1 is 1.08 bits per heavy atom. The second kappa shape index (κ2) is 12.8. The number of benzene rings is 3. The monoisotopic (exact) mass is 689 g/mol. The van der Waals surface area contributed by atoms with Crippen molar-refractivity contribution in [2.24, 2.45) is 5.92 Å². The summed E-state index contributed by atoms with van der Waals surface area (Å²) in [5, 5.41) is 12.7. The second-order valence-corrected chi connectivity index (χ2v) is 10.4. The Balaban J connectivity index is 0.000000444. The number of aliphatic hydroxyl groups is 1. The number of aliphatic hydroxyl groups excluding tert-OH is 1. The zero-order valence-corrected chi connectivity index (χ0v) is 25.1. The Morgan fingerprint density at radius 2 is 1.79 bits per heavy atom. The molecule has 1 fully saturated rings. The van der Waals surface area contributed by atoms with Crippen LogP contribution in [0.2, 0.25) is 0 Å². The van der Waals surface area contributed by atoms with Crippen LogP contribution in [0.1, 0.15) is 69.1 Å². The van der Waals surface area contributed by atoms with Gasteiger partial charge in [-0.15, -0.1) is 34.9 Å². The van der Waals surface area contributed by atoms with E-state index in [9.17, 15) is 9.18 Å². The number of ketones is 1. The molecule has 201 valence electrons. The molecule has 0 bridgehead atoms. The molecule has 0 spiro atoms. The van der Waals surface area contributed by atoms with Crippen LogP contribution in [0.15, 0.2) is 60.5 Å². The SMILES string of the molecule is CC(=O)/C=C(/C)O.Cc1[c-]c(-c2nccc3cc(C(C)C4CCCC4)c4cc(F)ccc4c23)cc(C)c1.[Ir]. The van der Waals surface area contributed by atoms with E-state index in [1.54, 1.807) is 12.1 Å². The summed E-state index contributed by atoms with van der Waals surface area (Å²) in [7, 11) is 0. The maximum Gasteiger partial charge on any atom is 0.155 e. The Kier molecular flexibility index (Phi) is 9.98. The molecule has 1 atom stereocenters. The summed E-state index contributed by atoms with van der Waals surface area (Å²) < 4.78 is 14.4. The molecule has 1 heterocycles. The molecule has 1 radical (unpaired) electrons. The van der Waals surface area contributed by atoms with Crippen LogP contribution >= 0.6 is 0 Å². The number of fused-ring (bicyclic) bond motifs is 3. The third kappa shape index (κ3) is 6.76. The minimum Gasteiger partial charge on any atom is -0.512 e. The van der Waals surface area contributed by atoms with Crippen molar-refractivity contribution in [3.63, 3.8) is 0 Å². The first kappa shape index (κ1) is 29.7. The molecule has 1 N–H and O–H groups in total. The predicted octanol–water partition coefficient (Wildman–Crippen LogP) is 8.94. The molecule has 3 aromatic carbocycles. The first-order chi connectivity index (χ1) is 17.6. The first-order valence-electron chi connectivity index (χ1n) is 13.0. The van der Waals surface area contributed by atoms with Crippen LogP contribution in [0.3, 0.4) is 0 Å². The van der Waals surface area contributed by atoms with Crippen molar-refractivity contribution in [2.45, 2.75) is 66.2 Å². The summed E-state index contributed by atoms with van der Waals surface area (Å²) in [4.78, 5) is 14.8. The van der Waals surface area contributed by atoms with Crippen molar-refractivity contribution in [1.29, 1.82) is 0 Å². The molecule has 5 heteroatoms. The summed E-state index contributed by atoms with van der Waals surface area (Å²) in [6.07, 6.45) is 8.23. The number of aromatic nitrogens is 1. The fraction of sp³-hybridized carbons (Fsp3) is 0.333. The van der Waals surface area contributed by atoms with Gasteiger partial charge in [-0.1, -0.05) is 45.7 Å². The van der Waals surface area contributed by atoms with Crippen LogP contribution in [-0.4, -0.2) is 15.9 Å². The molecular weight excluding hydrogens is 654 g/mol. The zero-order chi connectivity index (χ0) is 26.7. The molecule has 0 amide bonds. The number of pyridine rings is 1. The number of halogens is 1. The molecule has 38 heavy (non-hydrogen) atoms. The van der Waals surface area contributed by atoms with Gasteiger partial charge in [-0.2, -0.15) is 0 Å². The number of carbonyl (C=O) groups is 1. The van der Waals surface area contributed by atoms with E-state index in [4.69, 9.17) is 10.1 Å². The largest absolute Gasteiger partial charge is 0.512 e. The van der Waals surface area contributed by atoms with E-state index in [2.05, 4.69) is 51.1 Å². The molecule has 1 unspecified atom stereocenters. The van der Waals surface area contributed by atoms with E-state index in [-0.39, 0.29) is 37.5 Å². The molecule has 3 nitrogen and oxygen atoms in total. The first-order valence-corrected chi connectivity index (χ1v) is 13.0. The van der Waals surface area contributed by atoms with Gasteiger partial charge in [0.25, 0.3) is 0 Å². The Bertz CT molecular complexity index is 1460. The van der Waals surface area contributed by atoms with Gasteiger partial charge < -0.3 is 10.1 Å². The smallest absolute Gasteiger partial charge is 0.155 e. The third-order valence-corrected chi connectivity index (χ3v) is 7.27. The Hall–Kier alpha value is -2.88. The third-order valence-electron chi connectivity index (χ3n) is 7.27. The molecule has 1 aromatic heterocycles. The standard InChI is InChI=1S/C28H27FN.C5H8O2.Ir/c1-17-12-18(2)14-22(13-17)28-27-21(10-11-30-28)15-25(19(3)20-6-4-5-7-20)26-16-23(29)8-9-24(26)27;1-4(6)3-5(2)7;/h8-13,15-16,19-20H,4-7H2,1-3H3;3,6H,1-2H3;/q-1;;/b;4-3-;. The van der Waals surface area contributed by atoms with Gasteiger partial charge in [0.2, 0.25) is 0 Å². The van der Waals surface area contributed by atoms with Crippen molar-refractivity contribution in [3.8, 4) is 11.3 Å². The normalized spacial score (nSPS) is 14.6. The average molecular weight is 689 g/mol. The van der Waals surface area contributed by atoms with E-state index in [1.807, 2.05) is 12.3 Å². The maximum absolute atomic E-state index is 14.4. The number of allylic oxidation sites excluding steroid dienone is 2. The van der Waals surface area contributed by atoms with E-state index in [0.717, 1.165) is 33.0 Å². The van der Waals surface area contributed by atoms with Gasteiger partial charge in [0.05, 0.1) is 5.76 Å². The predicted molar refractivity (Wildman–Crippen MR) is 150 cm³/mol. The van der Waals surface area contributed by atoms with Crippen LogP contribution in [0.25, 0.3) is 32.8 Å². The molecule has 4 aromatic rings. The summed E-state index contributed by atoms with van der Waals surface area (Å²) in [6.45, 7) is 9.34. The summed E-state index contributed by atoms with van der Waals surface area (Å²) >= 11 is 0. The molecular formula is C33H35FIrNO2-. The van der Waals surface area contributed by atoms with Crippen LogP contribution in [-0.2, 0) is 24.9 Å².